The molecule has 2 bridgehead atoms. The maximum absolute atomic E-state index is 14.1. The summed E-state index contributed by atoms with van der Waals surface area (Å²) in [6, 6.07) is 15.1. The van der Waals surface area contributed by atoms with E-state index in [1.165, 1.54) is 48.2 Å². The van der Waals surface area contributed by atoms with Crippen molar-refractivity contribution in [2.24, 2.45) is 29.6 Å². The molecule has 17 heteroatoms. The van der Waals surface area contributed by atoms with E-state index in [0.717, 1.165) is 38.8 Å². The number of halogens is 3. The number of hydrogen-bond donors (Lipinski definition) is 2. The van der Waals surface area contributed by atoms with Gasteiger partial charge in [-0.2, -0.15) is 13.2 Å². The average molecular weight is 767 g/mol. The van der Waals surface area contributed by atoms with Crippen LogP contribution < -0.4 is 24.6 Å². The Morgan fingerprint density at radius 3 is 2.42 bits per heavy atom. The number of thiazole rings is 1. The van der Waals surface area contributed by atoms with Gasteiger partial charge in [0.2, 0.25) is 11.8 Å². The molecule has 1 saturated heterocycles. The summed E-state index contributed by atoms with van der Waals surface area (Å²) in [5.41, 5.74) is -0.491. The van der Waals surface area contributed by atoms with Crippen molar-refractivity contribution in [1.29, 1.82) is 0 Å². The number of non-ortho nitro benzene ring substituents is 1. The van der Waals surface area contributed by atoms with Crippen molar-refractivity contribution < 1.29 is 42.0 Å². The number of rotatable bonds is 9. The predicted octanol–water partition coefficient (Wildman–Crippen LogP) is 6.46. The molecular formula is C36H29F3N4O8S2. The Kier molecular flexibility index (Phi) is 8.59. The number of ether oxygens (including phenoxy) is 2. The second kappa shape index (κ2) is 13.1. The van der Waals surface area contributed by atoms with E-state index in [2.05, 4.69) is 10.3 Å². The van der Waals surface area contributed by atoms with E-state index < -0.39 is 46.7 Å². The molecule has 2 aliphatic carbocycles. The Hall–Kier alpha value is -5.16. The maximum atomic E-state index is 14.1. The van der Waals surface area contributed by atoms with Crippen LogP contribution in [0.1, 0.15) is 35.3 Å². The lowest BCUT2D eigenvalue weighted by atomic mass is 9.68. The second-order valence-corrected chi connectivity index (χ2v) is 15.5. The standard InChI is InChI=1S/C36H29F3N4O8S2/c1-2-50-24-13-16(7-12-23(24)51-15-25(44)40-22-6-4-3-5-21(22)36(37,38)39)26-27-19-14-20(30(27)52-32-31(26)53-35(47)41-32)29-28(19)33(45)42(34(29)46)17-8-10-18(11-9-17)43(48)49/h3-13,19-20,26-30H,2,14-15H2,1H3,(H,40,44)(H,41,47)/t19?,20?,26-,27?,28?,29?,30?/m1/s1. The summed E-state index contributed by atoms with van der Waals surface area (Å²) in [7, 11) is 0. The molecule has 0 radical (unpaired) electrons. The van der Waals surface area contributed by atoms with Gasteiger partial charge in [-0.15, -0.1) is 11.8 Å². The number of aromatic nitrogens is 1. The Morgan fingerprint density at radius 1 is 1.00 bits per heavy atom. The molecule has 4 aromatic rings. The third kappa shape index (κ3) is 5.85. The summed E-state index contributed by atoms with van der Waals surface area (Å²) in [4.78, 5) is 68.7. The molecule has 1 aromatic heterocycles. The van der Waals surface area contributed by atoms with Crippen LogP contribution in [0.5, 0.6) is 11.5 Å². The van der Waals surface area contributed by atoms with Crippen LogP contribution in [0, 0.1) is 39.7 Å². The van der Waals surface area contributed by atoms with Crippen molar-refractivity contribution in [3.05, 3.63) is 103 Å². The highest BCUT2D eigenvalue weighted by Crippen LogP contribution is 2.69. The van der Waals surface area contributed by atoms with Crippen LogP contribution in [0.15, 0.2) is 76.6 Å². The first-order chi connectivity index (χ1) is 25.3. The number of carbonyl (C=O) groups excluding carboxylic acids is 3. The molecule has 0 spiro atoms. The number of imide groups is 1. The van der Waals surface area contributed by atoms with Gasteiger partial charge in [-0.05, 0) is 73.1 Å². The fourth-order valence-corrected chi connectivity index (χ4v) is 11.5. The first-order valence-electron chi connectivity index (χ1n) is 16.7. The van der Waals surface area contributed by atoms with Crippen LogP contribution in [-0.2, 0) is 20.6 Å². The van der Waals surface area contributed by atoms with Crippen LogP contribution in [0.2, 0.25) is 0 Å². The molecule has 53 heavy (non-hydrogen) atoms. The fourth-order valence-electron chi connectivity index (χ4n) is 8.64. The number of nitro benzene ring substituents is 1. The predicted molar refractivity (Wildman–Crippen MR) is 187 cm³/mol. The molecule has 3 fully saturated rings. The minimum atomic E-state index is -4.67. The Morgan fingerprint density at radius 2 is 1.72 bits per heavy atom. The Balaban J connectivity index is 1.08. The highest BCUT2D eigenvalue weighted by Gasteiger charge is 2.69. The van der Waals surface area contributed by atoms with Crippen LogP contribution in [0.3, 0.4) is 0 Å². The van der Waals surface area contributed by atoms with E-state index in [9.17, 15) is 42.5 Å². The summed E-state index contributed by atoms with van der Waals surface area (Å²) in [6.45, 7) is 1.38. The number of anilines is 2. The lowest BCUT2D eigenvalue weighted by molar-refractivity contribution is -0.384. The summed E-state index contributed by atoms with van der Waals surface area (Å²) in [5, 5.41) is 14.1. The van der Waals surface area contributed by atoms with Gasteiger partial charge in [-0.1, -0.05) is 29.5 Å². The molecule has 3 heterocycles. The van der Waals surface area contributed by atoms with Crippen LogP contribution in [0.4, 0.5) is 30.2 Å². The van der Waals surface area contributed by atoms with Gasteiger partial charge in [0.1, 0.15) is 0 Å². The molecule has 12 nitrogen and oxygen atoms in total. The highest BCUT2D eigenvalue weighted by atomic mass is 32.2. The summed E-state index contributed by atoms with van der Waals surface area (Å²) < 4.78 is 52.0. The number of para-hydroxylation sites is 1. The number of nitrogens with zero attached hydrogens (tertiary/aromatic N) is 2. The fraction of sp³-hybridized carbons (Fsp3) is 0.333. The molecule has 6 unspecified atom stereocenters. The Bertz CT molecular complexity index is 2220. The number of aromatic amines is 1. The van der Waals surface area contributed by atoms with Gasteiger partial charge in [0.05, 0.1) is 45.3 Å². The van der Waals surface area contributed by atoms with Crippen LogP contribution in [-0.4, -0.2) is 46.1 Å². The van der Waals surface area contributed by atoms with Crippen molar-refractivity contribution in [1.82, 2.24) is 4.98 Å². The minimum absolute atomic E-state index is 0.104. The number of nitro groups is 1. The number of hydrogen-bond acceptors (Lipinski definition) is 10. The van der Waals surface area contributed by atoms with Crippen molar-refractivity contribution in [3.8, 4) is 11.5 Å². The lowest BCUT2D eigenvalue weighted by Gasteiger charge is -2.43. The van der Waals surface area contributed by atoms with E-state index in [0.29, 0.717) is 11.4 Å². The largest absolute Gasteiger partial charge is 0.490 e. The zero-order valence-electron chi connectivity index (χ0n) is 27.6. The number of H-pyrrole nitrogens is 1. The van der Waals surface area contributed by atoms with E-state index in [-0.39, 0.29) is 75.1 Å². The van der Waals surface area contributed by atoms with E-state index in [4.69, 9.17) is 9.47 Å². The number of nitrogens with one attached hydrogen (secondary N) is 2. The van der Waals surface area contributed by atoms with Gasteiger partial charge < -0.3 is 19.8 Å². The maximum Gasteiger partial charge on any atom is 0.418 e. The SMILES string of the molecule is CCOc1cc([C@H]2c3sc(=O)[nH]c3SC3C4CC(C5C(=O)N(c6ccc([N+](=O)[O-])cc6)C(=O)C45)C32)ccc1OCC(=O)Nc1ccccc1C(F)(F)F. The van der Waals surface area contributed by atoms with Crippen LogP contribution in [0.25, 0.3) is 0 Å². The zero-order chi connectivity index (χ0) is 37.3. The van der Waals surface area contributed by atoms with E-state index >= 15 is 0 Å². The number of thioether (sulfide) groups is 1. The molecular weight excluding hydrogens is 738 g/mol. The first kappa shape index (κ1) is 34.9. The number of amides is 3. The highest BCUT2D eigenvalue weighted by molar-refractivity contribution is 8.00. The van der Waals surface area contributed by atoms with Gasteiger partial charge in [-0.3, -0.25) is 34.2 Å². The van der Waals surface area contributed by atoms with Crippen molar-refractivity contribution in [2.45, 2.75) is 35.7 Å². The van der Waals surface area contributed by atoms with E-state index in [1.54, 1.807) is 25.1 Å². The summed E-state index contributed by atoms with van der Waals surface area (Å²) in [5.74, 6) is -3.03. The van der Waals surface area contributed by atoms with Crippen molar-refractivity contribution >= 4 is 57.9 Å². The first-order valence-corrected chi connectivity index (χ1v) is 18.4. The normalized spacial score (nSPS) is 25.5. The number of carbonyl (C=O) groups is 3. The third-order valence-corrected chi connectivity index (χ3v) is 13.1. The molecule has 8 rings (SSSR count). The van der Waals surface area contributed by atoms with Crippen LogP contribution >= 0.6 is 23.1 Å². The van der Waals surface area contributed by atoms with Gasteiger partial charge in [0.15, 0.2) is 18.1 Å². The number of benzene rings is 3. The van der Waals surface area contributed by atoms with Crippen molar-refractivity contribution in [3.63, 3.8) is 0 Å². The monoisotopic (exact) mass is 766 g/mol. The molecule has 3 aromatic carbocycles. The number of alkyl halides is 3. The van der Waals surface area contributed by atoms with Gasteiger partial charge >= 0.3 is 11.0 Å². The van der Waals surface area contributed by atoms with Gasteiger partial charge in [0, 0.05) is 28.2 Å². The second-order valence-electron chi connectivity index (χ2n) is 13.3. The quantitative estimate of drug-likeness (QED) is 0.111. The molecule has 3 amide bonds. The minimum Gasteiger partial charge on any atom is -0.490 e. The molecule has 4 aliphatic rings. The van der Waals surface area contributed by atoms with Gasteiger partial charge in [0.25, 0.3) is 11.6 Å². The lowest BCUT2D eigenvalue weighted by Crippen LogP contribution is -2.42. The molecule has 2 N–H and O–H groups in total. The molecule has 2 aliphatic heterocycles. The summed E-state index contributed by atoms with van der Waals surface area (Å²) in [6.07, 6.45) is -4.02. The summed E-state index contributed by atoms with van der Waals surface area (Å²) >= 11 is 2.61. The molecule has 7 atom stereocenters. The third-order valence-electron chi connectivity index (χ3n) is 10.5. The topological polar surface area (TPSA) is 161 Å². The Labute approximate surface area is 306 Å². The smallest absolute Gasteiger partial charge is 0.418 e. The molecule has 274 valence electrons. The molecule has 2 saturated carbocycles. The van der Waals surface area contributed by atoms with Crippen molar-refractivity contribution in [2.75, 3.05) is 23.4 Å². The van der Waals surface area contributed by atoms with E-state index in [1.807, 2.05) is 0 Å². The van der Waals surface area contributed by atoms with Gasteiger partial charge in [-0.25, -0.2) is 0 Å². The zero-order valence-corrected chi connectivity index (χ0v) is 29.3. The average Bonchev–Trinajstić information content (AvgIpc) is 3.86. The number of fused-ring (bicyclic) bond motifs is 9.